The van der Waals surface area contributed by atoms with Gasteiger partial charge in [-0.3, -0.25) is 4.79 Å². The summed E-state index contributed by atoms with van der Waals surface area (Å²) in [4.78, 5) is 24.9. The highest BCUT2D eigenvalue weighted by molar-refractivity contribution is 6.32. The molecule has 1 aliphatic rings. The quantitative estimate of drug-likeness (QED) is 0.764. The van der Waals surface area contributed by atoms with Crippen molar-refractivity contribution in [3.63, 3.8) is 0 Å². The number of fused-ring (bicyclic) bond motifs is 1. The predicted octanol–water partition coefficient (Wildman–Crippen LogP) is 3.69. The first-order valence-electron chi connectivity index (χ1n) is 8.73. The summed E-state index contributed by atoms with van der Waals surface area (Å²) >= 11 is 6.20. The van der Waals surface area contributed by atoms with Gasteiger partial charge in [-0.1, -0.05) is 23.7 Å². The zero-order chi connectivity index (χ0) is 20.1. The van der Waals surface area contributed by atoms with Crippen LogP contribution in [0.1, 0.15) is 23.7 Å². The van der Waals surface area contributed by atoms with E-state index in [1.54, 1.807) is 24.3 Å². The molecule has 0 aromatic heterocycles. The monoisotopic (exact) mass is 405 g/mol. The largest absolute Gasteiger partial charge is 0.495 e. The number of benzene rings is 2. The molecule has 1 aliphatic heterocycles. The van der Waals surface area contributed by atoms with Crippen LogP contribution >= 0.6 is 11.6 Å². The number of ether oxygens (including phenoxy) is 4. The third kappa shape index (κ3) is 4.48. The number of para-hydroxylation sites is 2. The fourth-order valence-electron chi connectivity index (χ4n) is 2.61. The first kappa shape index (κ1) is 19.8. The fourth-order valence-corrected chi connectivity index (χ4v) is 2.88. The average Bonchev–Trinajstić information content (AvgIpc) is 2.94. The Morgan fingerprint density at radius 1 is 1.18 bits per heavy atom. The van der Waals surface area contributed by atoms with Crippen molar-refractivity contribution in [1.82, 2.24) is 0 Å². The molecule has 0 spiro atoms. The minimum Gasteiger partial charge on any atom is -0.495 e. The van der Waals surface area contributed by atoms with Crippen LogP contribution in [0.3, 0.4) is 0 Å². The van der Waals surface area contributed by atoms with E-state index < -0.39 is 18.0 Å². The van der Waals surface area contributed by atoms with Crippen LogP contribution < -0.4 is 19.5 Å². The molecular weight excluding hydrogens is 386 g/mol. The van der Waals surface area contributed by atoms with Crippen LogP contribution in [-0.4, -0.2) is 38.3 Å². The lowest BCUT2D eigenvalue weighted by Gasteiger charge is -2.16. The smallest absolute Gasteiger partial charge is 0.339 e. The number of methoxy groups -OCH3 is 1. The summed E-state index contributed by atoms with van der Waals surface area (Å²) in [6.07, 6.45) is -0.322. The molecule has 8 heteroatoms. The fraction of sp³-hybridized carbons (Fsp3) is 0.300. The number of halogens is 1. The molecule has 0 radical (unpaired) electrons. The summed E-state index contributed by atoms with van der Waals surface area (Å²) in [5.74, 6) is 0.100. The molecule has 0 aliphatic carbocycles. The van der Waals surface area contributed by atoms with Gasteiger partial charge >= 0.3 is 5.97 Å². The number of carbonyl (C=O) groups is 2. The Kier molecular flexibility index (Phi) is 6.26. The van der Waals surface area contributed by atoms with E-state index in [9.17, 15) is 9.59 Å². The van der Waals surface area contributed by atoms with Crippen molar-refractivity contribution in [2.75, 3.05) is 25.6 Å². The summed E-state index contributed by atoms with van der Waals surface area (Å²) in [5.41, 5.74) is 0.655. The minimum atomic E-state index is -1.04. The number of amides is 1. The molecule has 0 saturated heterocycles. The second-order valence-corrected chi connectivity index (χ2v) is 6.48. The number of esters is 1. The van der Waals surface area contributed by atoms with E-state index in [-0.39, 0.29) is 10.6 Å². The van der Waals surface area contributed by atoms with E-state index in [0.717, 1.165) is 0 Å². The van der Waals surface area contributed by atoms with Crippen LogP contribution in [0.25, 0.3) is 0 Å². The molecule has 0 saturated carbocycles. The third-order valence-corrected chi connectivity index (χ3v) is 4.34. The summed E-state index contributed by atoms with van der Waals surface area (Å²) in [6.45, 7) is 2.42. The Morgan fingerprint density at radius 3 is 2.71 bits per heavy atom. The molecule has 148 valence electrons. The van der Waals surface area contributed by atoms with Gasteiger partial charge < -0.3 is 24.3 Å². The van der Waals surface area contributed by atoms with Crippen LogP contribution in [0, 0.1) is 0 Å². The topological polar surface area (TPSA) is 83.1 Å². The molecule has 0 unspecified atom stereocenters. The maximum Gasteiger partial charge on any atom is 0.339 e. The highest BCUT2D eigenvalue weighted by atomic mass is 35.5. The van der Waals surface area contributed by atoms with Gasteiger partial charge in [-0.25, -0.2) is 4.79 Å². The van der Waals surface area contributed by atoms with Gasteiger partial charge in [0.05, 0.1) is 36.6 Å². The van der Waals surface area contributed by atoms with Crippen molar-refractivity contribution in [1.29, 1.82) is 0 Å². The van der Waals surface area contributed by atoms with E-state index in [1.807, 2.05) is 0 Å². The molecule has 1 amide bonds. The van der Waals surface area contributed by atoms with Crippen LogP contribution in [0.4, 0.5) is 5.69 Å². The summed E-state index contributed by atoms with van der Waals surface area (Å²) in [6, 6.07) is 9.88. The molecular formula is C20H20ClNO6. The Bertz CT molecular complexity index is 885. The van der Waals surface area contributed by atoms with Gasteiger partial charge in [-0.2, -0.15) is 0 Å². The molecule has 1 heterocycles. The standard InChI is InChI=1S/C20H20ClNO6/c1-12(19(23)22-15-6-3-4-7-16(15)25-2)28-20(24)13-10-14(21)18-17(11-13)26-8-5-9-27-18/h3-4,6-7,10-12H,5,8-9H2,1-2H3,(H,22,23)/t12-/m0/s1. The van der Waals surface area contributed by atoms with Crippen LogP contribution in [-0.2, 0) is 9.53 Å². The number of rotatable bonds is 5. The SMILES string of the molecule is COc1ccccc1NC(=O)[C@H](C)OC(=O)c1cc(Cl)c2c(c1)OCCCO2. The van der Waals surface area contributed by atoms with Crippen molar-refractivity contribution in [3.8, 4) is 17.2 Å². The van der Waals surface area contributed by atoms with Crippen molar-refractivity contribution >= 4 is 29.2 Å². The van der Waals surface area contributed by atoms with Crippen molar-refractivity contribution < 1.29 is 28.5 Å². The third-order valence-electron chi connectivity index (χ3n) is 4.06. The molecule has 3 rings (SSSR count). The zero-order valence-electron chi connectivity index (χ0n) is 15.5. The second kappa shape index (κ2) is 8.84. The first-order valence-corrected chi connectivity index (χ1v) is 9.11. The minimum absolute atomic E-state index is 0.172. The number of carbonyl (C=O) groups excluding carboxylic acids is 2. The van der Waals surface area contributed by atoms with Crippen molar-refractivity contribution in [3.05, 3.63) is 47.0 Å². The van der Waals surface area contributed by atoms with Crippen LogP contribution in [0.5, 0.6) is 17.2 Å². The maximum atomic E-state index is 12.5. The Morgan fingerprint density at radius 2 is 1.93 bits per heavy atom. The van der Waals surface area contributed by atoms with Crippen LogP contribution in [0.2, 0.25) is 5.02 Å². The molecule has 2 aromatic rings. The van der Waals surface area contributed by atoms with Gasteiger partial charge in [0.1, 0.15) is 5.75 Å². The predicted molar refractivity (Wildman–Crippen MR) is 104 cm³/mol. The number of hydrogen-bond donors (Lipinski definition) is 1. The molecule has 28 heavy (non-hydrogen) atoms. The summed E-state index contributed by atoms with van der Waals surface area (Å²) < 4.78 is 21.6. The highest BCUT2D eigenvalue weighted by Crippen LogP contribution is 2.38. The Labute approximate surface area is 167 Å². The van der Waals surface area contributed by atoms with E-state index in [1.165, 1.54) is 26.2 Å². The second-order valence-electron chi connectivity index (χ2n) is 6.07. The molecule has 1 N–H and O–H groups in total. The van der Waals surface area contributed by atoms with Gasteiger partial charge in [0, 0.05) is 6.42 Å². The Hall–Kier alpha value is -2.93. The van der Waals surface area contributed by atoms with Gasteiger partial charge in [0.2, 0.25) is 0 Å². The first-order chi connectivity index (χ1) is 13.5. The van der Waals surface area contributed by atoms with Crippen LogP contribution in [0.15, 0.2) is 36.4 Å². The zero-order valence-corrected chi connectivity index (χ0v) is 16.2. The van der Waals surface area contributed by atoms with E-state index in [0.29, 0.717) is 42.6 Å². The number of hydrogen-bond acceptors (Lipinski definition) is 6. The number of nitrogens with one attached hydrogen (secondary N) is 1. The normalized spacial score (nSPS) is 13.8. The van der Waals surface area contributed by atoms with Crippen molar-refractivity contribution in [2.45, 2.75) is 19.4 Å². The molecule has 0 fully saturated rings. The lowest BCUT2D eigenvalue weighted by molar-refractivity contribution is -0.123. The summed E-state index contributed by atoms with van der Waals surface area (Å²) in [7, 11) is 1.50. The average molecular weight is 406 g/mol. The molecule has 1 atom stereocenters. The highest BCUT2D eigenvalue weighted by Gasteiger charge is 2.23. The molecule has 0 bridgehead atoms. The van der Waals surface area contributed by atoms with Gasteiger partial charge in [-0.15, -0.1) is 0 Å². The van der Waals surface area contributed by atoms with Gasteiger partial charge in [0.25, 0.3) is 5.91 Å². The van der Waals surface area contributed by atoms with Gasteiger partial charge in [-0.05, 0) is 31.2 Å². The van der Waals surface area contributed by atoms with Crippen molar-refractivity contribution in [2.24, 2.45) is 0 Å². The van der Waals surface area contributed by atoms with E-state index >= 15 is 0 Å². The maximum absolute atomic E-state index is 12.5. The lowest BCUT2D eigenvalue weighted by Crippen LogP contribution is -2.30. The molecule has 7 nitrogen and oxygen atoms in total. The lowest BCUT2D eigenvalue weighted by atomic mass is 10.2. The Balaban J connectivity index is 1.69. The summed E-state index contributed by atoms with van der Waals surface area (Å²) in [5, 5.41) is 2.92. The van der Waals surface area contributed by atoms with Gasteiger partial charge in [0.15, 0.2) is 17.6 Å². The van der Waals surface area contributed by atoms with E-state index in [2.05, 4.69) is 5.32 Å². The molecule has 2 aromatic carbocycles. The number of anilines is 1. The van der Waals surface area contributed by atoms with E-state index in [4.69, 9.17) is 30.5 Å².